The van der Waals surface area contributed by atoms with Gasteiger partial charge in [-0.3, -0.25) is 4.98 Å². The van der Waals surface area contributed by atoms with E-state index in [1.807, 2.05) is 0 Å². The molecule has 0 amide bonds. The third-order valence-electron chi connectivity index (χ3n) is 4.38. The number of pyridine rings is 1. The molecular weight excluding hydrogens is 487 g/mol. The highest BCUT2D eigenvalue weighted by Crippen LogP contribution is 2.35. The first-order valence-corrected chi connectivity index (χ1v) is 11.2. The van der Waals surface area contributed by atoms with Crippen molar-refractivity contribution in [2.24, 2.45) is 0 Å². The van der Waals surface area contributed by atoms with Gasteiger partial charge in [-0.25, -0.2) is 26.7 Å². The molecule has 13 heteroatoms. The van der Waals surface area contributed by atoms with Crippen LogP contribution in [0.5, 0.6) is 5.75 Å². The third-order valence-corrected chi connectivity index (χ3v) is 5.92. The smallest absolute Gasteiger partial charge is 0.490 e. The minimum absolute atomic E-state index is 0.139. The Morgan fingerprint density at radius 1 is 1.12 bits per heavy atom. The molecule has 3 aromatic rings. The van der Waals surface area contributed by atoms with Crippen molar-refractivity contribution in [3.8, 4) is 5.75 Å². The molecule has 7 nitrogen and oxygen atoms in total. The topological polar surface area (TPSA) is 117 Å². The molecule has 0 bridgehead atoms. The molecule has 0 fully saturated rings. The van der Waals surface area contributed by atoms with Crippen molar-refractivity contribution in [1.29, 1.82) is 0 Å². The Labute approximate surface area is 190 Å². The highest BCUT2D eigenvalue weighted by molar-refractivity contribution is 7.89. The summed E-state index contributed by atoms with van der Waals surface area (Å²) >= 11 is 0. The molecule has 0 radical (unpaired) electrons. The van der Waals surface area contributed by atoms with Gasteiger partial charge in [-0.05, 0) is 30.2 Å². The van der Waals surface area contributed by atoms with E-state index in [9.17, 15) is 35.5 Å². The molecule has 184 valence electrons. The van der Waals surface area contributed by atoms with Crippen LogP contribution < -0.4 is 4.72 Å². The zero-order valence-corrected chi connectivity index (χ0v) is 18.3. The first-order valence-electron chi connectivity index (χ1n) is 9.58. The normalized spacial score (nSPS) is 12.6. The lowest BCUT2D eigenvalue weighted by Gasteiger charge is -2.21. The Morgan fingerprint density at radius 2 is 1.76 bits per heavy atom. The minimum Gasteiger partial charge on any atom is -0.505 e. The van der Waals surface area contributed by atoms with E-state index in [1.54, 1.807) is 31.2 Å². The first-order chi connectivity index (χ1) is 15.8. The molecule has 1 aromatic heterocycles. The van der Waals surface area contributed by atoms with E-state index >= 15 is 0 Å². The molecule has 0 saturated heterocycles. The van der Waals surface area contributed by atoms with Gasteiger partial charge in [-0.15, -0.1) is 0 Å². The second-order valence-corrected chi connectivity index (χ2v) is 8.80. The van der Waals surface area contributed by atoms with Crippen LogP contribution in [0.1, 0.15) is 30.5 Å². The van der Waals surface area contributed by atoms with E-state index in [-0.39, 0.29) is 28.1 Å². The Kier molecular flexibility index (Phi) is 8.51. The van der Waals surface area contributed by atoms with Gasteiger partial charge in [-0.1, -0.05) is 31.2 Å². The van der Waals surface area contributed by atoms with Crippen LogP contribution in [0.2, 0.25) is 0 Å². The molecule has 1 unspecified atom stereocenters. The van der Waals surface area contributed by atoms with Gasteiger partial charge in [0, 0.05) is 17.1 Å². The number of rotatable bonds is 6. The second kappa shape index (κ2) is 10.7. The summed E-state index contributed by atoms with van der Waals surface area (Å²) in [6, 6.07) is 8.69. The summed E-state index contributed by atoms with van der Waals surface area (Å²) in [6.07, 6.45) is -3.20. The van der Waals surface area contributed by atoms with Crippen molar-refractivity contribution in [2.75, 3.05) is 5.75 Å². The lowest BCUT2D eigenvalue weighted by atomic mass is 9.97. The van der Waals surface area contributed by atoms with Gasteiger partial charge < -0.3 is 10.2 Å². The number of fused-ring (bicyclic) bond motifs is 1. The molecule has 2 aromatic carbocycles. The van der Waals surface area contributed by atoms with Gasteiger partial charge in [0.25, 0.3) is 0 Å². The highest BCUT2D eigenvalue weighted by atomic mass is 32.2. The molecule has 0 aliphatic rings. The number of nitrogens with zero attached hydrogens (tertiary/aromatic N) is 1. The van der Waals surface area contributed by atoms with Crippen LogP contribution in [-0.2, 0) is 14.8 Å². The zero-order chi connectivity index (χ0) is 25.7. The number of nitrogens with one attached hydrogen (secondary N) is 1. The maximum absolute atomic E-state index is 13.8. The maximum Gasteiger partial charge on any atom is 0.490 e. The van der Waals surface area contributed by atoms with Gasteiger partial charge in [0.2, 0.25) is 10.0 Å². The number of sulfonamides is 1. The predicted molar refractivity (Wildman–Crippen MR) is 113 cm³/mol. The number of carboxylic acids is 1. The number of carbonyl (C=O) groups is 1. The fraction of sp³-hybridized carbons (Fsp3) is 0.238. The number of halogens is 5. The molecule has 34 heavy (non-hydrogen) atoms. The van der Waals surface area contributed by atoms with Gasteiger partial charge in [-0.2, -0.15) is 13.2 Å². The molecule has 1 heterocycles. The molecular formula is C21H19F5N2O5S. The van der Waals surface area contributed by atoms with Crippen LogP contribution in [0.25, 0.3) is 10.9 Å². The van der Waals surface area contributed by atoms with Crippen molar-refractivity contribution in [3.63, 3.8) is 0 Å². The van der Waals surface area contributed by atoms with Crippen LogP contribution in [0, 0.1) is 11.6 Å². The molecule has 3 N–H and O–H groups in total. The molecule has 0 aliphatic carbocycles. The van der Waals surface area contributed by atoms with E-state index in [1.165, 1.54) is 12.3 Å². The number of aromatic hydroxyl groups is 1. The quantitative estimate of drug-likeness (QED) is 0.430. The molecule has 0 saturated carbocycles. The minimum atomic E-state index is -5.08. The number of phenols is 1. The van der Waals surface area contributed by atoms with Crippen LogP contribution >= 0.6 is 0 Å². The summed E-state index contributed by atoms with van der Waals surface area (Å²) in [6.45, 7) is 1.71. The molecule has 1 atom stereocenters. The number of carboxylic acid groups (broad SMARTS) is 1. The monoisotopic (exact) mass is 506 g/mol. The number of phenolic OH excluding ortho intramolecular Hbond substituents is 1. The van der Waals surface area contributed by atoms with Gasteiger partial charge in [0.1, 0.15) is 11.3 Å². The number of aliphatic carboxylic acids is 1. The summed E-state index contributed by atoms with van der Waals surface area (Å²) in [5.74, 6) is -5.27. The molecule has 0 spiro atoms. The van der Waals surface area contributed by atoms with Gasteiger partial charge in [0.15, 0.2) is 11.6 Å². The summed E-state index contributed by atoms with van der Waals surface area (Å²) in [5, 5.41) is 18.5. The first kappa shape index (κ1) is 26.9. The van der Waals surface area contributed by atoms with Crippen molar-refractivity contribution in [3.05, 3.63) is 71.4 Å². The number of aromatic nitrogens is 1. The Bertz CT molecular complexity index is 1280. The number of benzene rings is 2. The predicted octanol–water partition coefficient (Wildman–Crippen LogP) is 4.27. The number of hydrogen-bond acceptors (Lipinski definition) is 5. The average Bonchev–Trinajstić information content (AvgIpc) is 2.74. The average molecular weight is 506 g/mol. The highest BCUT2D eigenvalue weighted by Gasteiger charge is 2.38. The summed E-state index contributed by atoms with van der Waals surface area (Å²) in [7, 11) is -3.72. The standard InChI is InChI=1S/C19H18F2N2O3S.C2HF3O2/c1-2-10-27(25,26)23-17(13-6-8-15(20)16(21)11-13)14-7-5-12-4-3-9-22-18(12)19(14)24;3-2(4,5)1(6)7/h3-9,11,17,23-24H,2,10H2,1H3;(H,6,7). The lowest BCUT2D eigenvalue weighted by Crippen LogP contribution is -2.31. The fourth-order valence-corrected chi connectivity index (χ4v) is 4.17. The SMILES string of the molecule is CCCS(=O)(=O)NC(c1ccc(F)c(F)c1)c1ccc2cccnc2c1O.O=C(O)C(F)(F)F. The number of hydrogen-bond donors (Lipinski definition) is 3. The van der Waals surface area contributed by atoms with Crippen LogP contribution in [0.3, 0.4) is 0 Å². The summed E-state index contributed by atoms with van der Waals surface area (Å²) in [4.78, 5) is 13.0. The van der Waals surface area contributed by atoms with Crippen LogP contribution in [0.15, 0.2) is 48.7 Å². The molecule has 0 aliphatic heterocycles. The van der Waals surface area contributed by atoms with Crippen molar-refractivity contribution >= 4 is 26.9 Å². The van der Waals surface area contributed by atoms with Gasteiger partial charge in [0.05, 0.1) is 11.8 Å². The summed E-state index contributed by atoms with van der Waals surface area (Å²) < 4.78 is 86.0. The van der Waals surface area contributed by atoms with E-state index in [0.29, 0.717) is 11.8 Å². The van der Waals surface area contributed by atoms with Crippen molar-refractivity contribution in [1.82, 2.24) is 9.71 Å². The number of alkyl halides is 3. The third kappa shape index (κ3) is 6.84. The fourth-order valence-electron chi connectivity index (χ4n) is 2.89. The largest absolute Gasteiger partial charge is 0.505 e. The van der Waals surface area contributed by atoms with Crippen molar-refractivity contribution in [2.45, 2.75) is 25.6 Å². The summed E-state index contributed by atoms with van der Waals surface area (Å²) in [5.41, 5.74) is 0.656. The van der Waals surface area contributed by atoms with Gasteiger partial charge >= 0.3 is 12.1 Å². The zero-order valence-electron chi connectivity index (χ0n) is 17.5. The van der Waals surface area contributed by atoms with Crippen molar-refractivity contribution < 1.29 is 45.4 Å². The van der Waals surface area contributed by atoms with Crippen LogP contribution in [-0.4, -0.2) is 41.5 Å². The van der Waals surface area contributed by atoms with E-state index in [0.717, 1.165) is 12.1 Å². The second-order valence-electron chi connectivity index (χ2n) is 6.92. The van der Waals surface area contributed by atoms with E-state index in [2.05, 4.69) is 9.71 Å². The Balaban J connectivity index is 0.000000509. The molecule has 3 rings (SSSR count). The Hall–Kier alpha value is -3.32. The van der Waals surface area contributed by atoms with Crippen LogP contribution in [0.4, 0.5) is 22.0 Å². The maximum atomic E-state index is 13.8. The Morgan fingerprint density at radius 3 is 2.32 bits per heavy atom. The lowest BCUT2D eigenvalue weighted by molar-refractivity contribution is -0.192. The van der Waals surface area contributed by atoms with E-state index < -0.39 is 39.8 Å². The van der Waals surface area contributed by atoms with E-state index in [4.69, 9.17) is 9.90 Å².